The molecule has 6 heteroatoms. The Labute approximate surface area is 72.3 Å². The molecule has 0 aliphatic heterocycles. The predicted molar refractivity (Wildman–Crippen MR) is 46.2 cm³/mol. The van der Waals surface area contributed by atoms with Crippen LogP contribution in [0.1, 0.15) is 0 Å². The fraction of sp³-hybridized carbons (Fsp3) is 0.167. The van der Waals surface area contributed by atoms with Gasteiger partial charge in [-0.05, 0) is 11.5 Å². The lowest BCUT2D eigenvalue weighted by Gasteiger charge is -1.95. The molecule has 5 nitrogen and oxygen atoms in total. The Kier molecular flexibility index (Phi) is 1.54. The summed E-state index contributed by atoms with van der Waals surface area (Å²) >= 11 is 1.30. The monoisotopic (exact) mass is 182 g/mol. The van der Waals surface area contributed by atoms with Crippen molar-refractivity contribution in [1.29, 1.82) is 0 Å². The van der Waals surface area contributed by atoms with Crippen molar-refractivity contribution >= 4 is 27.4 Å². The SMILES string of the molecule is COc1nsc2cnnc(N)c12. The van der Waals surface area contributed by atoms with Crippen LogP contribution in [0.3, 0.4) is 0 Å². The van der Waals surface area contributed by atoms with Gasteiger partial charge in [-0.1, -0.05) is 0 Å². The molecule has 0 bridgehead atoms. The maximum atomic E-state index is 5.59. The van der Waals surface area contributed by atoms with Crippen LogP contribution in [-0.2, 0) is 0 Å². The molecule has 0 atom stereocenters. The molecular weight excluding hydrogens is 176 g/mol. The summed E-state index contributed by atoms with van der Waals surface area (Å²) in [6.45, 7) is 0. The first-order valence-corrected chi connectivity index (χ1v) is 4.01. The van der Waals surface area contributed by atoms with Crippen molar-refractivity contribution in [1.82, 2.24) is 14.6 Å². The highest BCUT2D eigenvalue weighted by Gasteiger charge is 2.09. The van der Waals surface area contributed by atoms with Gasteiger partial charge in [0.1, 0.15) is 5.39 Å². The zero-order valence-corrected chi connectivity index (χ0v) is 7.13. The normalized spacial score (nSPS) is 10.4. The highest BCUT2D eigenvalue weighted by Crippen LogP contribution is 2.30. The van der Waals surface area contributed by atoms with Gasteiger partial charge >= 0.3 is 0 Å². The van der Waals surface area contributed by atoms with Crippen molar-refractivity contribution < 1.29 is 4.74 Å². The third-order valence-electron chi connectivity index (χ3n) is 1.48. The zero-order valence-electron chi connectivity index (χ0n) is 6.31. The molecule has 0 saturated heterocycles. The van der Waals surface area contributed by atoms with Crippen LogP contribution in [0.4, 0.5) is 5.82 Å². The van der Waals surface area contributed by atoms with E-state index < -0.39 is 0 Å². The molecule has 12 heavy (non-hydrogen) atoms. The number of nitrogen functional groups attached to an aromatic ring is 1. The lowest BCUT2D eigenvalue weighted by Crippen LogP contribution is -1.93. The smallest absolute Gasteiger partial charge is 0.236 e. The number of nitrogens with zero attached hydrogens (tertiary/aromatic N) is 3. The van der Waals surface area contributed by atoms with Crippen LogP contribution in [0, 0.1) is 0 Å². The summed E-state index contributed by atoms with van der Waals surface area (Å²) in [5, 5.41) is 8.15. The Morgan fingerprint density at radius 3 is 3.17 bits per heavy atom. The molecule has 2 N–H and O–H groups in total. The molecule has 0 aliphatic carbocycles. The van der Waals surface area contributed by atoms with Gasteiger partial charge in [0, 0.05) is 0 Å². The van der Waals surface area contributed by atoms with E-state index in [0.717, 1.165) is 10.1 Å². The maximum Gasteiger partial charge on any atom is 0.236 e. The zero-order chi connectivity index (χ0) is 8.55. The van der Waals surface area contributed by atoms with Gasteiger partial charge in [-0.25, -0.2) is 0 Å². The van der Waals surface area contributed by atoms with Gasteiger partial charge in [-0.2, -0.15) is 9.47 Å². The summed E-state index contributed by atoms with van der Waals surface area (Å²) < 4.78 is 9.92. The fourth-order valence-corrected chi connectivity index (χ4v) is 1.67. The van der Waals surface area contributed by atoms with E-state index >= 15 is 0 Å². The number of hydrogen-bond donors (Lipinski definition) is 1. The van der Waals surface area contributed by atoms with Crippen LogP contribution >= 0.6 is 11.5 Å². The topological polar surface area (TPSA) is 73.9 Å². The molecule has 0 fully saturated rings. The quantitative estimate of drug-likeness (QED) is 0.701. The summed E-state index contributed by atoms with van der Waals surface area (Å²) in [5.41, 5.74) is 5.59. The van der Waals surface area contributed by atoms with Gasteiger partial charge in [0.15, 0.2) is 5.82 Å². The van der Waals surface area contributed by atoms with Crippen molar-refractivity contribution in [2.45, 2.75) is 0 Å². The summed E-state index contributed by atoms with van der Waals surface area (Å²) in [6, 6.07) is 0. The average Bonchev–Trinajstić information content (AvgIpc) is 2.49. The Bertz CT molecular complexity index is 413. The largest absolute Gasteiger partial charge is 0.480 e. The molecule has 0 aliphatic rings. The molecule has 0 radical (unpaired) electrons. The molecule has 0 amide bonds. The van der Waals surface area contributed by atoms with E-state index in [1.807, 2.05) is 0 Å². The minimum Gasteiger partial charge on any atom is -0.480 e. The lowest BCUT2D eigenvalue weighted by atomic mass is 10.4. The van der Waals surface area contributed by atoms with E-state index in [0.29, 0.717) is 11.7 Å². The standard InChI is InChI=1S/C6H6N4OS/c1-11-6-4-3(12-10-6)2-8-9-5(4)7/h2H,1H3,(H2,7,9). The van der Waals surface area contributed by atoms with Gasteiger partial charge in [-0.3, -0.25) is 0 Å². The van der Waals surface area contributed by atoms with E-state index in [1.165, 1.54) is 11.5 Å². The molecule has 0 saturated carbocycles. The Balaban J connectivity index is 2.83. The Morgan fingerprint density at radius 1 is 1.58 bits per heavy atom. The molecule has 0 aromatic carbocycles. The third-order valence-corrected chi connectivity index (χ3v) is 2.24. The molecule has 2 heterocycles. The summed E-state index contributed by atoms with van der Waals surface area (Å²) in [6.07, 6.45) is 1.62. The minimum absolute atomic E-state index is 0.359. The van der Waals surface area contributed by atoms with Crippen molar-refractivity contribution in [2.75, 3.05) is 12.8 Å². The first kappa shape index (κ1) is 7.23. The van der Waals surface area contributed by atoms with Crippen LogP contribution in [0.5, 0.6) is 5.88 Å². The van der Waals surface area contributed by atoms with Gasteiger partial charge in [0.2, 0.25) is 5.88 Å². The number of nitrogens with two attached hydrogens (primary N) is 1. The Morgan fingerprint density at radius 2 is 2.42 bits per heavy atom. The molecule has 2 rings (SSSR count). The maximum absolute atomic E-state index is 5.59. The average molecular weight is 182 g/mol. The first-order chi connectivity index (χ1) is 5.83. The third kappa shape index (κ3) is 0.884. The van der Waals surface area contributed by atoms with Crippen LogP contribution in [0.2, 0.25) is 0 Å². The van der Waals surface area contributed by atoms with Crippen LogP contribution in [0.25, 0.3) is 10.1 Å². The molecule has 2 aromatic heterocycles. The number of hydrogen-bond acceptors (Lipinski definition) is 6. The van der Waals surface area contributed by atoms with Gasteiger partial charge in [0.25, 0.3) is 0 Å². The second kappa shape index (κ2) is 2.56. The summed E-state index contributed by atoms with van der Waals surface area (Å²) in [5.74, 6) is 0.875. The highest BCUT2D eigenvalue weighted by molar-refractivity contribution is 7.13. The lowest BCUT2D eigenvalue weighted by molar-refractivity contribution is 0.407. The van der Waals surface area contributed by atoms with E-state index in [9.17, 15) is 0 Å². The van der Waals surface area contributed by atoms with Crippen LogP contribution in [0.15, 0.2) is 6.20 Å². The second-order valence-corrected chi connectivity index (χ2v) is 2.97. The first-order valence-electron chi connectivity index (χ1n) is 3.23. The van der Waals surface area contributed by atoms with E-state index in [1.54, 1.807) is 13.3 Å². The molecule has 62 valence electrons. The van der Waals surface area contributed by atoms with Crippen molar-refractivity contribution in [3.05, 3.63) is 6.20 Å². The Hall–Kier alpha value is -1.43. The van der Waals surface area contributed by atoms with Crippen molar-refractivity contribution in [2.24, 2.45) is 0 Å². The van der Waals surface area contributed by atoms with Gasteiger partial charge < -0.3 is 10.5 Å². The number of methoxy groups -OCH3 is 1. The number of rotatable bonds is 1. The molecule has 0 unspecified atom stereocenters. The fourth-order valence-electron chi connectivity index (χ4n) is 0.944. The second-order valence-electron chi connectivity index (χ2n) is 2.16. The molecule has 0 spiro atoms. The minimum atomic E-state index is 0.359. The number of anilines is 1. The molecular formula is C6H6N4OS. The molecule has 2 aromatic rings. The van der Waals surface area contributed by atoms with E-state index in [-0.39, 0.29) is 0 Å². The van der Waals surface area contributed by atoms with Crippen molar-refractivity contribution in [3.63, 3.8) is 0 Å². The van der Waals surface area contributed by atoms with Crippen LogP contribution in [-0.4, -0.2) is 21.7 Å². The van der Waals surface area contributed by atoms with E-state index in [2.05, 4.69) is 14.6 Å². The number of fused-ring (bicyclic) bond motifs is 1. The van der Waals surface area contributed by atoms with Crippen LogP contribution < -0.4 is 10.5 Å². The predicted octanol–water partition coefficient (Wildman–Crippen LogP) is 0.677. The van der Waals surface area contributed by atoms with Gasteiger partial charge in [-0.15, -0.1) is 5.10 Å². The summed E-state index contributed by atoms with van der Waals surface area (Å²) in [4.78, 5) is 0. The van der Waals surface area contributed by atoms with Gasteiger partial charge in [0.05, 0.1) is 18.0 Å². The number of aromatic nitrogens is 3. The number of ether oxygens (including phenoxy) is 1. The van der Waals surface area contributed by atoms with E-state index in [4.69, 9.17) is 10.5 Å². The van der Waals surface area contributed by atoms with Crippen molar-refractivity contribution in [3.8, 4) is 5.88 Å². The highest BCUT2D eigenvalue weighted by atomic mass is 32.1. The summed E-state index contributed by atoms with van der Waals surface area (Å²) in [7, 11) is 1.55.